The van der Waals surface area contributed by atoms with Crippen LogP contribution in [0.2, 0.25) is 0 Å². The van der Waals surface area contributed by atoms with Gasteiger partial charge in [0.25, 0.3) is 5.91 Å². The van der Waals surface area contributed by atoms with Crippen LogP contribution in [0, 0.1) is 6.92 Å². The van der Waals surface area contributed by atoms with E-state index in [-0.39, 0.29) is 11.9 Å². The number of carbonyl (C=O) groups is 1. The van der Waals surface area contributed by atoms with E-state index in [4.69, 9.17) is 14.1 Å². The number of aryl methyl sites for hydroxylation is 1. The molecule has 4 heterocycles. The number of furan rings is 1. The predicted octanol–water partition coefficient (Wildman–Crippen LogP) is 4.00. The van der Waals surface area contributed by atoms with Gasteiger partial charge in [0, 0.05) is 43.0 Å². The average molecular weight is 443 g/mol. The largest absolute Gasteiger partial charge is 0.465 e. The number of aromatic nitrogens is 2. The second-order valence-corrected chi connectivity index (χ2v) is 8.14. The van der Waals surface area contributed by atoms with E-state index in [2.05, 4.69) is 15.2 Å². The zero-order valence-electron chi connectivity index (χ0n) is 18.5. The number of nitrogens with one attached hydrogen (secondary N) is 1. The Balaban J connectivity index is 1.44. The highest BCUT2D eigenvalue weighted by molar-refractivity contribution is 6.07. The highest BCUT2D eigenvalue weighted by atomic mass is 16.5. The van der Waals surface area contributed by atoms with Gasteiger partial charge in [-0.1, -0.05) is 18.2 Å². The van der Waals surface area contributed by atoms with Gasteiger partial charge in [-0.25, -0.2) is 4.98 Å². The fourth-order valence-corrected chi connectivity index (χ4v) is 4.24. The fourth-order valence-electron chi connectivity index (χ4n) is 4.24. The van der Waals surface area contributed by atoms with E-state index in [1.165, 1.54) is 0 Å². The maximum atomic E-state index is 13.4. The van der Waals surface area contributed by atoms with Gasteiger partial charge >= 0.3 is 0 Å². The van der Waals surface area contributed by atoms with Crippen molar-refractivity contribution in [3.8, 4) is 11.3 Å². The van der Waals surface area contributed by atoms with Crippen LogP contribution in [0.5, 0.6) is 0 Å². The zero-order valence-corrected chi connectivity index (χ0v) is 18.5. The van der Waals surface area contributed by atoms with Crippen molar-refractivity contribution in [1.82, 2.24) is 20.2 Å². The number of pyridine rings is 2. The van der Waals surface area contributed by atoms with Gasteiger partial charge in [-0.05, 0) is 43.3 Å². The van der Waals surface area contributed by atoms with Crippen LogP contribution in [-0.4, -0.2) is 53.6 Å². The number of hydrogen-bond acceptors (Lipinski definition) is 6. The molecule has 1 aliphatic rings. The fraction of sp³-hybridized carbons (Fsp3) is 0.269. The lowest BCUT2D eigenvalue weighted by molar-refractivity contribution is 0.0117. The molecule has 3 aromatic heterocycles. The van der Waals surface area contributed by atoms with Gasteiger partial charge in [-0.15, -0.1) is 0 Å². The molecule has 7 nitrogen and oxygen atoms in total. The Kier molecular flexibility index (Phi) is 6.15. The summed E-state index contributed by atoms with van der Waals surface area (Å²) in [6.45, 7) is 5.31. The van der Waals surface area contributed by atoms with E-state index in [1.807, 2.05) is 61.5 Å². The van der Waals surface area contributed by atoms with Crippen molar-refractivity contribution >= 4 is 16.8 Å². The molecule has 0 saturated carbocycles. The minimum absolute atomic E-state index is 0.0579. The van der Waals surface area contributed by atoms with Crippen LogP contribution >= 0.6 is 0 Å². The Labute approximate surface area is 192 Å². The normalized spacial score (nSPS) is 15.4. The highest BCUT2D eigenvalue weighted by Gasteiger charge is 2.26. The number of para-hydroxylation sites is 1. The molecule has 1 saturated heterocycles. The number of ether oxygens (including phenoxy) is 1. The van der Waals surface area contributed by atoms with Crippen LogP contribution < -0.4 is 5.32 Å². The summed E-state index contributed by atoms with van der Waals surface area (Å²) in [5.41, 5.74) is 2.96. The molecule has 0 spiro atoms. The Hall–Kier alpha value is -3.55. The number of benzene rings is 1. The summed E-state index contributed by atoms with van der Waals surface area (Å²) in [6.07, 6.45) is 3.48. The van der Waals surface area contributed by atoms with Crippen LogP contribution in [0.15, 0.2) is 71.4 Å². The van der Waals surface area contributed by atoms with E-state index in [9.17, 15) is 4.79 Å². The molecule has 1 N–H and O–H groups in total. The van der Waals surface area contributed by atoms with Crippen molar-refractivity contribution in [1.29, 1.82) is 0 Å². The van der Waals surface area contributed by atoms with Crippen LogP contribution in [0.25, 0.3) is 22.2 Å². The molecule has 7 heteroatoms. The predicted molar refractivity (Wildman–Crippen MR) is 126 cm³/mol. The molecule has 1 aromatic carbocycles. The van der Waals surface area contributed by atoms with Crippen LogP contribution in [-0.2, 0) is 4.74 Å². The molecule has 1 atom stereocenters. The molecule has 5 rings (SSSR count). The van der Waals surface area contributed by atoms with Gasteiger partial charge < -0.3 is 14.5 Å². The minimum Gasteiger partial charge on any atom is -0.465 e. The third-order valence-electron chi connectivity index (χ3n) is 5.95. The monoisotopic (exact) mass is 442 g/mol. The number of fused-ring (bicyclic) bond motifs is 1. The summed E-state index contributed by atoms with van der Waals surface area (Å²) in [4.78, 5) is 24.7. The first kappa shape index (κ1) is 21.3. The minimum atomic E-state index is -0.139. The van der Waals surface area contributed by atoms with Gasteiger partial charge in [0.2, 0.25) is 0 Å². The van der Waals surface area contributed by atoms with Gasteiger partial charge in [0.05, 0.1) is 36.0 Å². The van der Waals surface area contributed by atoms with E-state index in [0.29, 0.717) is 25.3 Å². The van der Waals surface area contributed by atoms with E-state index < -0.39 is 0 Å². The summed E-state index contributed by atoms with van der Waals surface area (Å²) < 4.78 is 11.5. The molecule has 1 fully saturated rings. The van der Waals surface area contributed by atoms with Crippen molar-refractivity contribution in [3.05, 3.63) is 84.1 Å². The van der Waals surface area contributed by atoms with Crippen LogP contribution in [0.4, 0.5) is 0 Å². The molecule has 4 aromatic rings. The van der Waals surface area contributed by atoms with Gasteiger partial charge in [0.15, 0.2) is 0 Å². The summed E-state index contributed by atoms with van der Waals surface area (Å²) >= 11 is 0. The number of hydrogen-bond donors (Lipinski definition) is 1. The lowest BCUT2D eigenvalue weighted by atomic mass is 10.0. The number of carbonyl (C=O) groups excluding carboxylic acids is 1. The number of amides is 1. The summed E-state index contributed by atoms with van der Waals surface area (Å²) in [6, 6.07) is 17.3. The Morgan fingerprint density at radius 1 is 1.12 bits per heavy atom. The molecule has 168 valence electrons. The molecular weight excluding hydrogens is 416 g/mol. The molecule has 0 radical (unpaired) electrons. The molecule has 1 amide bonds. The first-order valence-corrected chi connectivity index (χ1v) is 11.2. The molecule has 1 unspecified atom stereocenters. The van der Waals surface area contributed by atoms with Gasteiger partial charge in [-0.2, -0.15) is 0 Å². The smallest absolute Gasteiger partial charge is 0.252 e. The first-order chi connectivity index (χ1) is 16.2. The number of morpholine rings is 1. The van der Waals surface area contributed by atoms with Crippen molar-refractivity contribution in [2.75, 3.05) is 32.8 Å². The first-order valence-electron chi connectivity index (χ1n) is 11.2. The summed E-state index contributed by atoms with van der Waals surface area (Å²) in [5.74, 6) is 1.57. The molecule has 0 aliphatic carbocycles. The van der Waals surface area contributed by atoms with Crippen molar-refractivity contribution in [2.24, 2.45) is 0 Å². The van der Waals surface area contributed by atoms with E-state index >= 15 is 0 Å². The summed E-state index contributed by atoms with van der Waals surface area (Å²) in [7, 11) is 0. The third-order valence-corrected chi connectivity index (χ3v) is 5.95. The quantitative estimate of drug-likeness (QED) is 0.486. The van der Waals surface area contributed by atoms with Gasteiger partial charge in [-0.3, -0.25) is 14.7 Å². The SMILES string of the molecule is Cc1ccc(C(CNC(=O)c2cc(-c3cccnc3)nc3ccccc23)N2CCOCC2)o1. The number of rotatable bonds is 6. The molecule has 0 bridgehead atoms. The Morgan fingerprint density at radius 2 is 1.97 bits per heavy atom. The second-order valence-electron chi connectivity index (χ2n) is 8.14. The topological polar surface area (TPSA) is 80.5 Å². The standard InChI is InChI=1S/C26H26N4O3/c1-18-8-9-25(33-18)24(30-11-13-32-14-12-30)17-28-26(31)21-15-23(19-5-4-10-27-16-19)29-22-7-3-2-6-20(21)22/h2-10,15-16,24H,11-14,17H2,1H3,(H,28,31). The van der Waals surface area contributed by atoms with Crippen LogP contribution in [0.1, 0.15) is 27.9 Å². The Morgan fingerprint density at radius 3 is 2.73 bits per heavy atom. The van der Waals surface area contributed by atoms with Crippen molar-refractivity contribution < 1.29 is 13.9 Å². The van der Waals surface area contributed by atoms with Crippen LogP contribution in [0.3, 0.4) is 0 Å². The third kappa shape index (κ3) is 4.65. The lowest BCUT2D eigenvalue weighted by Crippen LogP contribution is -2.43. The molecule has 33 heavy (non-hydrogen) atoms. The number of nitrogens with zero attached hydrogens (tertiary/aromatic N) is 3. The molecule has 1 aliphatic heterocycles. The average Bonchev–Trinajstić information content (AvgIpc) is 3.30. The van der Waals surface area contributed by atoms with Gasteiger partial charge in [0.1, 0.15) is 11.5 Å². The van der Waals surface area contributed by atoms with E-state index in [1.54, 1.807) is 12.4 Å². The van der Waals surface area contributed by atoms with Crippen molar-refractivity contribution in [2.45, 2.75) is 13.0 Å². The second kappa shape index (κ2) is 9.52. The highest BCUT2D eigenvalue weighted by Crippen LogP contribution is 2.26. The Bertz CT molecular complexity index is 1250. The summed E-state index contributed by atoms with van der Waals surface area (Å²) in [5, 5.41) is 3.97. The lowest BCUT2D eigenvalue weighted by Gasteiger charge is -2.33. The molecular formula is C26H26N4O3. The zero-order chi connectivity index (χ0) is 22.6. The van der Waals surface area contributed by atoms with E-state index in [0.717, 1.165) is 46.8 Å². The maximum Gasteiger partial charge on any atom is 0.252 e. The van der Waals surface area contributed by atoms with Crippen molar-refractivity contribution in [3.63, 3.8) is 0 Å². The maximum absolute atomic E-state index is 13.4.